The Labute approximate surface area is 197 Å². The lowest BCUT2D eigenvalue weighted by Gasteiger charge is -2.38. The average Bonchev–Trinajstić information content (AvgIpc) is 2.81. The highest BCUT2D eigenvalue weighted by Gasteiger charge is 2.44. The molecule has 0 saturated heterocycles. The summed E-state index contributed by atoms with van der Waals surface area (Å²) >= 11 is 0. The van der Waals surface area contributed by atoms with Crippen molar-refractivity contribution in [2.45, 2.75) is 39.5 Å². The Morgan fingerprint density at radius 3 is 1.41 bits per heavy atom. The standard InChI is InChI=1S/C28H22N4O2/c1-13-5-17-23(21-15(3)9-29-11-19(21)27(33)25(17)31-7-13)24-18-6-14(2)8-32-26(18)28(34)20-12-30-10-16(4)22(20)24/h5-12,23-24H,1-4H3. The second-order valence-corrected chi connectivity index (χ2v) is 9.35. The molecule has 166 valence electrons. The molecule has 0 N–H and O–H groups in total. The second kappa shape index (κ2) is 7.22. The van der Waals surface area contributed by atoms with Crippen LogP contribution in [0.5, 0.6) is 0 Å². The number of hydrogen-bond acceptors (Lipinski definition) is 6. The van der Waals surface area contributed by atoms with E-state index in [-0.39, 0.29) is 23.4 Å². The van der Waals surface area contributed by atoms with Crippen molar-refractivity contribution in [1.29, 1.82) is 0 Å². The van der Waals surface area contributed by atoms with E-state index in [0.29, 0.717) is 22.5 Å². The Morgan fingerprint density at radius 2 is 1.00 bits per heavy atom. The lowest BCUT2D eigenvalue weighted by atomic mass is 9.64. The number of nitrogens with zero attached hydrogens (tertiary/aromatic N) is 4. The van der Waals surface area contributed by atoms with Crippen LogP contribution in [0.15, 0.2) is 49.3 Å². The molecule has 0 spiro atoms. The van der Waals surface area contributed by atoms with Gasteiger partial charge in [0.15, 0.2) is 0 Å². The van der Waals surface area contributed by atoms with E-state index in [2.05, 4.69) is 32.1 Å². The number of carbonyl (C=O) groups is 2. The number of carbonyl (C=O) groups excluding carboxylic acids is 2. The summed E-state index contributed by atoms with van der Waals surface area (Å²) in [4.78, 5) is 44.8. The molecule has 2 aliphatic carbocycles. The fraction of sp³-hybridized carbons (Fsp3) is 0.214. The molecule has 6 nitrogen and oxygen atoms in total. The first-order valence-corrected chi connectivity index (χ1v) is 11.3. The monoisotopic (exact) mass is 446 g/mol. The molecule has 0 aliphatic heterocycles. The summed E-state index contributed by atoms with van der Waals surface area (Å²) in [7, 11) is 0. The van der Waals surface area contributed by atoms with Gasteiger partial charge < -0.3 is 0 Å². The summed E-state index contributed by atoms with van der Waals surface area (Å²) in [5.41, 5.74) is 9.50. The van der Waals surface area contributed by atoms with Crippen molar-refractivity contribution in [3.8, 4) is 0 Å². The zero-order valence-electron chi connectivity index (χ0n) is 19.4. The highest BCUT2D eigenvalue weighted by Crippen LogP contribution is 2.52. The fourth-order valence-electron chi connectivity index (χ4n) is 5.63. The number of hydrogen-bond donors (Lipinski definition) is 0. The summed E-state index contributed by atoms with van der Waals surface area (Å²) in [5.74, 6) is -0.681. The molecule has 0 bridgehead atoms. The van der Waals surface area contributed by atoms with Crippen molar-refractivity contribution < 1.29 is 9.59 Å². The quantitative estimate of drug-likeness (QED) is 0.426. The average molecular weight is 447 g/mol. The number of ketones is 2. The third-order valence-corrected chi connectivity index (χ3v) is 7.03. The van der Waals surface area contributed by atoms with Crippen molar-refractivity contribution in [3.05, 3.63) is 116 Å². The maximum atomic E-state index is 13.5. The zero-order chi connectivity index (χ0) is 23.7. The molecule has 4 aromatic rings. The van der Waals surface area contributed by atoms with Gasteiger partial charge in [-0.1, -0.05) is 12.1 Å². The predicted molar refractivity (Wildman–Crippen MR) is 126 cm³/mol. The maximum Gasteiger partial charge on any atom is 0.213 e. The van der Waals surface area contributed by atoms with Crippen molar-refractivity contribution in [3.63, 3.8) is 0 Å². The molecule has 4 heterocycles. The molecular formula is C28H22N4O2. The lowest BCUT2D eigenvalue weighted by molar-refractivity contribution is 0.101. The molecule has 0 aromatic carbocycles. The van der Waals surface area contributed by atoms with Gasteiger partial charge in [0.2, 0.25) is 11.6 Å². The molecule has 6 heteroatoms. The molecule has 0 fully saturated rings. The van der Waals surface area contributed by atoms with Gasteiger partial charge in [-0.2, -0.15) is 0 Å². The zero-order valence-corrected chi connectivity index (χ0v) is 19.4. The van der Waals surface area contributed by atoms with Crippen LogP contribution in [-0.2, 0) is 0 Å². The molecule has 34 heavy (non-hydrogen) atoms. The van der Waals surface area contributed by atoms with Gasteiger partial charge >= 0.3 is 0 Å². The van der Waals surface area contributed by atoms with Gasteiger partial charge in [-0.3, -0.25) is 29.5 Å². The largest absolute Gasteiger partial charge is 0.287 e. The molecule has 2 aliphatic rings. The van der Waals surface area contributed by atoms with Crippen LogP contribution in [0.4, 0.5) is 0 Å². The maximum absolute atomic E-state index is 13.5. The smallest absolute Gasteiger partial charge is 0.213 e. The van der Waals surface area contributed by atoms with Gasteiger partial charge in [-0.25, -0.2) is 0 Å². The molecule has 2 atom stereocenters. The van der Waals surface area contributed by atoms with Crippen molar-refractivity contribution in [2.24, 2.45) is 0 Å². The van der Waals surface area contributed by atoms with Gasteiger partial charge in [0, 0.05) is 60.1 Å². The highest BCUT2D eigenvalue weighted by atomic mass is 16.1. The summed E-state index contributed by atoms with van der Waals surface area (Å²) in [6.45, 7) is 7.95. The summed E-state index contributed by atoms with van der Waals surface area (Å²) in [6.07, 6.45) is 10.4. The van der Waals surface area contributed by atoms with Gasteiger partial charge in [0.25, 0.3) is 0 Å². The Morgan fingerprint density at radius 1 is 0.588 bits per heavy atom. The van der Waals surface area contributed by atoms with Crippen LogP contribution >= 0.6 is 0 Å². The van der Waals surface area contributed by atoms with Crippen LogP contribution in [-0.4, -0.2) is 31.5 Å². The summed E-state index contributed by atoms with van der Waals surface area (Å²) in [6, 6.07) is 4.12. The third-order valence-electron chi connectivity index (χ3n) is 7.03. The Balaban J connectivity index is 1.76. The normalized spacial score (nSPS) is 18.1. The number of fused-ring (bicyclic) bond motifs is 4. The van der Waals surface area contributed by atoms with E-state index in [4.69, 9.17) is 0 Å². The van der Waals surface area contributed by atoms with E-state index in [0.717, 1.165) is 44.5 Å². The van der Waals surface area contributed by atoms with Crippen molar-refractivity contribution in [1.82, 2.24) is 19.9 Å². The minimum Gasteiger partial charge on any atom is -0.287 e. The van der Waals surface area contributed by atoms with E-state index in [9.17, 15) is 9.59 Å². The SMILES string of the molecule is Cc1cnc2c(c1)C(C1c3cc(C)cnc3C(=O)c3cncc(C)c31)c1c(C)cncc1C2=O. The molecule has 0 radical (unpaired) electrons. The van der Waals surface area contributed by atoms with E-state index in [1.165, 1.54) is 0 Å². The van der Waals surface area contributed by atoms with E-state index < -0.39 is 0 Å². The Kier molecular flexibility index (Phi) is 4.36. The topological polar surface area (TPSA) is 85.7 Å². The van der Waals surface area contributed by atoms with Gasteiger partial charge in [0.1, 0.15) is 11.4 Å². The van der Waals surface area contributed by atoms with Crippen LogP contribution in [0, 0.1) is 27.7 Å². The minimum atomic E-state index is -0.228. The van der Waals surface area contributed by atoms with Crippen LogP contribution in [0.25, 0.3) is 0 Å². The lowest BCUT2D eigenvalue weighted by Crippen LogP contribution is -2.31. The van der Waals surface area contributed by atoms with Crippen LogP contribution in [0.1, 0.15) is 88.4 Å². The van der Waals surface area contributed by atoms with E-state index >= 15 is 0 Å². The van der Waals surface area contributed by atoms with Crippen LogP contribution < -0.4 is 0 Å². The van der Waals surface area contributed by atoms with Crippen LogP contribution in [0.2, 0.25) is 0 Å². The first-order chi connectivity index (χ1) is 16.4. The molecular weight excluding hydrogens is 424 g/mol. The van der Waals surface area contributed by atoms with Gasteiger partial charge in [0.05, 0.1) is 0 Å². The molecule has 0 amide bonds. The summed E-state index contributed by atoms with van der Waals surface area (Å²) < 4.78 is 0. The molecule has 0 saturated carbocycles. The number of pyridine rings is 4. The number of aromatic nitrogens is 4. The van der Waals surface area contributed by atoms with Crippen molar-refractivity contribution >= 4 is 11.6 Å². The van der Waals surface area contributed by atoms with E-state index in [1.54, 1.807) is 37.2 Å². The Bertz CT molecular complexity index is 1440. The van der Waals surface area contributed by atoms with Gasteiger partial charge in [-0.15, -0.1) is 0 Å². The predicted octanol–water partition coefficient (Wildman–Crippen LogP) is 4.55. The Hall–Kier alpha value is -4.06. The van der Waals surface area contributed by atoms with Crippen molar-refractivity contribution in [2.75, 3.05) is 0 Å². The first-order valence-electron chi connectivity index (χ1n) is 11.3. The second-order valence-electron chi connectivity index (χ2n) is 9.35. The number of rotatable bonds is 1. The molecule has 2 unspecified atom stereocenters. The minimum absolute atomic E-state index is 0.112. The third kappa shape index (κ3) is 2.75. The first kappa shape index (κ1) is 20.5. The van der Waals surface area contributed by atoms with Crippen LogP contribution in [0.3, 0.4) is 0 Å². The van der Waals surface area contributed by atoms with E-state index in [1.807, 2.05) is 27.7 Å². The molecule has 6 rings (SSSR count). The number of aryl methyl sites for hydroxylation is 4. The highest BCUT2D eigenvalue weighted by molar-refractivity contribution is 6.13. The summed E-state index contributed by atoms with van der Waals surface area (Å²) in [5, 5.41) is 0. The fourth-order valence-corrected chi connectivity index (χ4v) is 5.63. The van der Waals surface area contributed by atoms with Gasteiger partial charge in [-0.05, 0) is 72.2 Å². The molecule has 4 aromatic heterocycles.